The molecule has 15 heavy (non-hydrogen) atoms. The molecule has 0 heterocycles. The second-order valence-electron chi connectivity index (χ2n) is 4.20. The van der Waals surface area contributed by atoms with Crippen molar-refractivity contribution in [2.24, 2.45) is 5.92 Å². The smallest absolute Gasteiger partial charge is 0.233 e. The lowest BCUT2D eigenvalue weighted by Crippen LogP contribution is -2.39. The van der Waals surface area contributed by atoms with E-state index in [4.69, 9.17) is 0 Å². The van der Waals surface area contributed by atoms with Crippen molar-refractivity contribution in [2.75, 3.05) is 19.6 Å². The molecule has 88 valence electrons. The molecule has 0 bridgehead atoms. The number of hydrogen-bond acceptors (Lipinski definition) is 3. The van der Waals surface area contributed by atoms with Gasteiger partial charge in [0.25, 0.3) is 0 Å². The molecule has 0 spiro atoms. The molecule has 4 nitrogen and oxygen atoms in total. The Hall–Kier alpha value is -0.610. The standard InChI is InChI=1S/C11H22N2O2/c1-2-13-11(15)8-12-7-9-5-3-4-6-10(9)14/h9-10,12,14H,2-8H2,1H3,(H,13,15). The first kappa shape index (κ1) is 12.5. The summed E-state index contributed by atoms with van der Waals surface area (Å²) in [5.41, 5.74) is 0. The van der Waals surface area contributed by atoms with Crippen molar-refractivity contribution in [1.29, 1.82) is 0 Å². The summed E-state index contributed by atoms with van der Waals surface area (Å²) in [5, 5.41) is 15.5. The van der Waals surface area contributed by atoms with Crippen LogP contribution in [0.1, 0.15) is 32.6 Å². The molecule has 1 amide bonds. The monoisotopic (exact) mass is 214 g/mol. The Kier molecular flexibility index (Phi) is 5.65. The van der Waals surface area contributed by atoms with E-state index in [0.717, 1.165) is 25.8 Å². The number of carbonyl (C=O) groups excluding carboxylic acids is 1. The summed E-state index contributed by atoms with van der Waals surface area (Å²) in [7, 11) is 0. The molecule has 0 radical (unpaired) electrons. The number of likely N-dealkylation sites (N-methyl/N-ethyl adjacent to an activating group) is 1. The lowest BCUT2D eigenvalue weighted by Gasteiger charge is -2.27. The van der Waals surface area contributed by atoms with Crippen molar-refractivity contribution >= 4 is 5.91 Å². The average molecular weight is 214 g/mol. The first-order valence-corrected chi connectivity index (χ1v) is 5.89. The van der Waals surface area contributed by atoms with Crippen LogP contribution in [0, 0.1) is 5.92 Å². The quantitative estimate of drug-likeness (QED) is 0.615. The largest absolute Gasteiger partial charge is 0.393 e. The Morgan fingerprint density at radius 3 is 2.80 bits per heavy atom. The van der Waals surface area contributed by atoms with Gasteiger partial charge in [0.1, 0.15) is 0 Å². The highest BCUT2D eigenvalue weighted by atomic mass is 16.3. The SMILES string of the molecule is CCNC(=O)CNCC1CCCCC1O. The molecule has 4 heteroatoms. The molecule has 0 aromatic heterocycles. The summed E-state index contributed by atoms with van der Waals surface area (Å²) >= 11 is 0. The maximum absolute atomic E-state index is 11.1. The summed E-state index contributed by atoms with van der Waals surface area (Å²) in [6.07, 6.45) is 4.13. The van der Waals surface area contributed by atoms with Crippen LogP contribution >= 0.6 is 0 Å². The minimum Gasteiger partial charge on any atom is -0.393 e. The minimum atomic E-state index is -0.180. The summed E-state index contributed by atoms with van der Waals surface area (Å²) < 4.78 is 0. The highest BCUT2D eigenvalue weighted by Gasteiger charge is 2.22. The molecule has 1 fully saturated rings. The first-order valence-electron chi connectivity index (χ1n) is 5.89. The van der Waals surface area contributed by atoms with Gasteiger partial charge in [-0.2, -0.15) is 0 Å². The van der Waals surface area contributed by atoms with Crippen molar-refractivity contribution in [2.45, 2.75) is 38.7 Å². The average Bonchev–Trinajstić information content (AvgIpc) is 2.21. The molecule has 1 aliphatic carbocycles. The van der Waals surface area contributed by atoms with E-state index in [1.165, 1.54) is 6.42 Å². The highest BCUT2D eigenvalue weighted by molar-refractivity contribution is 5.77. The predicted molar refractivity (Wildman–Crippen MR) is 59.5 cm³/mol. The van der Waals surface area contributed by atoms with E-state index in [0.29, 0.717) is 19.0 Å². The van der Waals surface area contributed by atoms with Crippen LogP contribution in [0.2, 0.25) is 0 Å². The topological polar surface area (TPSA) is 61.4 Å². The Morgan fingerprint density at radius 2 is 2.13 bits per heavy atom. The molecule has 0 aromatic rings. The van der Waals surface area contributed by atoms with Crippen molar-refractivity contribution in [3.63, 3.8) is 0 Å². The molecule has 3 N–H and O–H groups in total. The van der Waals surface area contributed by atoms with Gasteiger partial charge in [-0.25, -0.2) is 0 Å². The minimum absolute atomic E-state index is 0.0304. The fourth-order valence-electron chi connectivity index (χ4n) is 2.06. The van der Waals surface area contributed by atoms with Crippen LogP contribution in [0.4, 0.5) is 0 Å². The third-order valence-electron chi connectivity index (χ3n) is 2.93. The molecule has 0 aliphatic heterocycles. The van der Waals surface area contributed by atoms with Crippen LogP contribution in [-0.2, 0) is 4.79 Å². The van der Waals surface area contributed by atoms with Crippen molar-refractivity contribution in [1.82, 2.24) is 10.6 Å². The van der Waals surface area contributed by atoms with Gasteiger partial charge in [-0.15, -0.1) is 0 Å². The van der Waals surface area contributed by atoms with Crippen molar-refractivity contribution < 1.29 is 9.90 Å². The summed E-state index contributed by atoms with van der Waals surface area (Å²) in [5.74, 6) is 0.357. The zero-order valence-electron chi connectivity index (χ0n) is 9.46. The van der Waals surface area contributed by atoms with E-state index in [2.05, 4.69) is 10.6 Å². The molecule has 1 aliphatic rings. The molecular weight excluding hydrogens is 192 g/mol. The fourth-order valence-corrected chi connectivity index (χ4v) is 2.06. The molecule has 0 aromatic carbocycles. The van der Waals surface area contributed by atoms with Crippen LogP contribution in [0.3, 0.4) is 0 Å². The molecule has 2 atom stereocenters. The van der Waals surface area contributed by atoms with E-state index in [9.17, 15) is 9.90 Å². The van der Waals surface area contributed by atoms with Gasteiger partial charge >= 0.3 is 0 Å². The van der Waals surface area contributed by atoms with Gasteiger partial charge in [0.15, 0.2) is 0 Å². The molecular formula is C11H22N2O2. The predicted octanol–water partition coefficient (Wildman–Crippen LogP) is 0.263. The maximum Gasteiger partial charge on any atom is 0.233 e. The fraction of sp³-hybridized carbons (Fsp3) is 0.909. The van der Waals surface area contributed by atoms with Gasteiger partial charge in [-0.1, -0.05) is 12.8 Å². The number of nitrogens with one attached hydrogen (secondary N) is 2. The van der Waals surface area contributed by atoms with Crippen molar-refractivity contribution in [3.05, 3.63) is 0 Å². The van der Waals surface area contributed by atoms with Crippen LogP contribution in [0.15, 0.2) is 0 Å². The number of hydrogen-bond donors (Lipinski definition) is 3. The number of amides is 1. The second kappa shape index (κ2) is 6.80. The molecule has 2 unspecified atom stereocenters. The van der Waals surface area contributed by atoms with Crippen LogP contribution < -0.4 is 10.6 Å². The van der Waals surface area contributed by atoms with E-state index >= 15 is 0 Å². The van der Waals surface area contributed by atoms with Gasteiger partial charge in [0.05, 0.1) is 12.6 Å². The third kappa shape index (κ3) is 4.62. The Balaban J connectivity index is 2.10. The number of carbonyl (C=O) groups is 1. The lowest BCUT2D eigenvalue weighted by molar-refractivity contribution is -0.120. The van der Waals surface area contributed by atoms with Gasteiger partial charge in [-0.05, 0) is 25.7 Å². The summed E-state index contributed by atoms with van der Waals surface area (Å²) in [6, 6.07) is 0. The Labute approximate surface area is 91.4 Å². The van der Waals surface area contributed by atoms with Gasteiger partial charge in [-0.3, -0.25) is 4.79 Å². The number of aliphatic hydroxyl groups is 1. The first-order chi connectivity index (χ1) is 7.24. The van der Waals surface area contributed by atoms with Crippen molar-refractivity contribution in [3.8, 4) is 0 Å². The maximum atomic E-state index is 11.1. The lowest BCUT2D eigenvalue weighted by atomic mass is 9.86. The van der Waals surface area contributed by atoms with Gasteiger partial charge in [0, 0.05) is 13.1 Å². The highest BCUT2D eigenvalue weighted by Crippen LogP contribution is 2.23. The van der Waals surface area contributed by atoms with E-state index in [1.807, 2.05) is 6.92 Å². The zero-order chi connectivity index (χ0) is 11.1. The van der Waals surface area contributed by atoms with Crippen LogP contribution in [-0.4, -0.2) is 36.8 Å². The molecule has 1 saturated carbocycles. The van der Waals surface area contributed by atoms with Crippen LogP contribution in [0.5, 0.6) is 0 Å². The third-order valence-corrected chi connectivity index (χ3v) is 2.93. The normalized spacial score (nSPS) is 26.3. The molecule has 1 rings (SSSR count). The van der Waals surface area contributed by atoms with E-state index < -0.39 is 0 Å². The van der Waals surface area contributed by atoms with Gasteiger partial charge < -0.3 is 15.7 Å². The Bertz CT molecular complexity index is 197. The van der Waals surface area contributed by atoms with Crippen LogP contribution in [0.25, 0.3) is 0 Å². The van der Waals surface area contributed by atoms with E-state index in [-0.39, 0.29) is 12.0 Å². The van der Waals surface area contributed by atoms with Gasteiger partial charge in [0.2, 0.25) is 5.91 Å². The summed E-state index contributed by atoms with van der Waals surface area (Å²) in [6.45, 7) is 3.69. The molecule has 0 saturated heterocycles. The number of rotatable bonds is 5. The number of aliphatic hydroxyl groups excluding tert-OH is 1. The Morgan fingerprint density at radius 1 is 1.40 bits per heavy atom. The second-order valence-corrected chi connectivity index (χ2v) is 4.20. The summed E-state index contributed by atoms with van der Waals surface area (Å²) in [4.78, 5) is 11.1. The van der Waals surface area contributed by atoms with E-state index in [1.54, 1.807) is 0 Å². The zero-order valence-corrected chi connectivity index (χ0v) is 9.46.